The number of carbonyl (C=O) groups is 2. The van der Waals surface area contributed by atoms with E-state index in [9.17, 15) is 14.7 Å². The highest BCUT2D eigenvalue weighted by atomic mass is 32.2. The largest absolute Gasteiger partial charge is 0.548 e. The summed E-state index contributed by atoms with van der Waals surface area (Å²) in [5.74, 6) is -0.764. The number of carboxylic acid groups (broad SMARTS) is 1. The van der Waals surface area contributed by atoms with Crippen LogP contribution >= 0.6 is 24.0 Å². The van der Waals surface area contributed by atoms with Crippen molar-refractivity contribution < 1.29 is 24.2 Å². The normalized spacial score (nSPS) is 17.3. The number of methoxy groups -OCH3 is 2. The van der Waals surface area contributed by atoms with Gasteiger partial charge in [-0.3, -0.25) is 9.69 Å². The van der Waals surface area contributed by atoms with Crippen molar-refractivity contribution in [3.8, 4) is 11.5 Å². The molecule has 0 spiro atoms. The van der Waals surface area contributed by atoms with E-state index in [2.05, 4.69) is 0 Å². The molecule has 1 aromatic carbocycles. The van der Waals surface area contributed by atoms with Crippen molar-refractivity contribution in [2.45, 2.75) is 19.4 Å². The first kappa shape index (κ1) is 18.3. The number of thioether (sulfide) groups is 1. The molecule has 128 valence electrons. The van der Waals surface area contributed by atoms with Gasteiger partial charge < -0.3 is 19.4 Å². The van der Waals surface area contributed by atoms with Crippen molar-refractivity contribution in [1.82, 2.24) is 4.90 Å². The fourth-order valence-corrected chi connectivity index (χ4v) is 3.72. The Bertz CT molecular complexity index is 716. The molecule has 1 amide bonds. The average molecular weight is 366 g/mol. The lowest BCUT2D eigenvalue weighted by Gasteiger charge is -2.26. The summed E-state index contributed by atoms with van der Waals surface area (Å²) in [5.41, 5.74) is 0.638. The molecule has 0 unspecified atom stereocenters. The molecule has 1 aliphatic heterocycles. The molecule has 0 saturated carbocycles. The number of carboxylic acids is 1. The van der Waals surface area contributed by atoms with Crippen molar-refractivity contribution in [2.75, 3.05) is 14.2 Å². The summed E-state index contributed by atoms with van der Waals surface area (Å²) >= 11 is 6.21. The van der Waals surface area contributed by atoms with Crippen LogP contribution in [0.3, 0.4) is 0 Å². The Kier molecular flexibility index (Phi) is 5.84. The second-order valence-electron chi connectivity index (χ2n) is 4.88. The maximum atomic E-state index is 12.6. The number of amides is 1. The van der Waals surface area contributed by atoms with E-state index >= 15 is 0 Å². The van der Waals surface area contributed by atoms with E-state index in [0.29, 0.717) is 22.0 Å². The van der Waals surface area contributed by atoms with Crippen molar-refractivity contribution in [2.24, 2.45) is 0 Å². The fourth-order valence-electron chi connectivity index (χ4n) is 2.37. The summed E-state index contributed by atoms with van der Waals surface area (Å²) in [6.45, 7) is 1.66. The number of hydrogen-bond acceptors (Lipinski definition) is 7. The SMILES string of the molecule is CC[C@@H](C(=O)[O-])N1C(=O)C(=Cc2cccc(OC)c2OC)SC1=S. The maximum Gasteiger partial charge on any atom is 0.266 e. The van der Waals surface area contributed by atoms with Gasteiger partial charge in [0.05, 0.1) is 31.1 Å². The molecule has 24 heavy (non-hydrogen) atoms. The molecule has 1 fully saturated rings. The van der Waals surface area contributed by atoms with Gasteiger partial charge in [-0.2, -0.15) is 0 Å². The van der Waals surface area contributed by atoms with Crippen LogP contribution in [0.2, 0.25) is 0 Å². The highest BCUT2D eigenvalue weighted by Crippen LogP contribution is 2.38. The fraction of sp³-hybridized carbons (Fsp3) is 0.312. The third-order valence-corrected chi connectivity index (χ3v) is 4.84. The van der Waals surface area contributed by atoms with Crippen LogP contribution in [0.4, 0.5) is 0 Å². The van der Waals surface area contributed by atoms with Crippen molar-refractivity contribution in [3.05, 3.63) is 28.7 Å². The molecule has 1 aliphatic rings. The first-order chi connectivity index (χ1) is 11.4. The molecule has 8 heteroatoms. The average Bonchev–Trinajstić information content (AvgIpc) is 2.82. The zero-order valence-electron chi connectivity index (χ0n) is 13.4. The molecule has 0 aliphatic carbocycles. The lowest BCUT2D eigenvalue weighted by molar-refractivity contribution is -0.310. The molecule has 1 saturated heterocycles. The van der Waals surface area contributed by atoms with Crippen LogP contribution in [-0.2, 0) is 9.59 Å². The minimum Gasteiger partial charge on any atom is -0.548 e. The van der Waals surface area contributed by atoms with Crippen molar-refractivity contribution in [1.29, 1.82) is 0 Å². The monoisotopic (exact) mass is 366 g/mol. The molecule has 0 N–H and O–H groups in total. The van der Waals surface area contributed by atoms with E-state index in [4.69, 9.17) is 21.7 Å². The quantitative estimate of drug-likeness (QED) is 0.557. The number of hydrogen-bond donors (Lipinski definition) is 0. The minimum atomic E-state index is -1.32. The van der Waals surface area contributed by atoms with Crippen LogP contribution in [0.25, 0.3) is 6.08 Å². The first-order valence-electron chi connectivity index (χ1n) is 7.13. The van der Waals surface area contributed by atoms with Gasteiger partial charge in [0.1, 0.15) is 4.32 Å². The number of benzene rings is 1. The van der Waals surface area contributed by atoms with Crippen LogP contribution in [-0.4, -0.2) is 41.4 Å². The molecule has 2 rings (SSSR count). The van der Waals surface area contributed by atoms with Gasteiger partial charge >= 0.3 is 0 Å². The van der Waals surface area contributed by atoms with E-state index in [1.54, 1.807) is 31.2 Å². The van der Waals surface area contributed by atoms with Crippen LogP contribution < -0.4 is 14.6 Å². The van der Waals surface area contributed by atoms with Crippen LogP contribution in [0.5, 0.6) is 11.5 Å². The first-order valence-corrected chi connectivity index (χ1v) is 8.36. The number of ether oxygens (including phenoxy) is 2. The summed E-state index contributed by atoms with van der Waals surface area (Å²) in [6, 6.07) is 4.20. The molecule has 1 heterocycles. The van der Waals surface area contributed by atoms with Gasteiger partial charge in [-0.15, -0.1) is 0 Å². The van der Waals surface area contributed by atoms with Gasteiger partial charge in [-0.05, 0) is 18.6 Å². The number of nitrogens with zero attached hydrogens (tertiary/aromatic N) is 1. The van der Waals surface area contributed by atoms with Crippen LogP contribution in [0.15, 0.2) is 23.1 Å². The number of carbonyl (C=O) groups excluding carboxylic acids is 2. The second kappa shape index (κ2) is 7.67. The Morgan fingerprint density at radius 2 is 2.12 bits per heavy atom. The van der Waals surface area contributed by atoms with Gasteiger partial charge in [0.2, 0.25) is 0 Å². The predicted octanol–water partition coefficient (Wildman–Crippen LogP) is 1.43. The number of para-hydroxylation sites is 1. The Labute approximate surface area is 149 Å². The van der Waals surface area contributed by atoms with Crippen molar-refractivity contribution in [3.63, 3.8) is 0 Å². The lowest BCUT2D eigenvalue weighted by Crippen LogP contribution is -2.49. The van der Waals surface area contributed by atoms with Crippen molar-refractivity contribution >= 4 is 46.3 Å². The zero-order chi connectivity index (χ0) is 17.9. The predicted molar refractivity (Wildman–Crippen MR) is 93.6 cm³/mol. The number of thiocarbonyl (C=S) groups is 1. The number of aliphatic carboxylic acids is 1. The summed E-state index contributed by atoms with van der Waals surface area (Å²) in [4.78, 5) is 25.2. The molecular formula is C16H16NO5S2-. The van der Waals surface area contributed by atoms with Gasteiger partial charge in [-0.25, -0.2) is 0 Å². The molecule has 0 bridgehead atoms. The van der Waals surface area contributed by atoms with E-state index in [1.165, 1.54) is 14.2 Å². The lowest BCUT2D eigenvalue weighted by atomic mass is 10.1. The van der Waals surface area contributed by atoms with E-state index in [1.807, 2.05) is 0 Å². The standard InChI is InChI=1S/C16H17NO5S2/c1-4-10(15(19)20)17-14(18)12(24-16(17)23)8-9-6-5-7-11(21-2)13(9)22-3/h5-8,10H,4H2,1-3H3,(H,19,20)/p-1/t10-/m0/s1. The summed E-state index contributed by atoms with van der Waals surface area (Å²) in [5, 5.41) is 11.2. The summed E-state index contributed by atoms with van der Waals surface area (Å²) in [6.07, 6.45) is 1.83. The third-order valence-electron chi connectivity index (χ3n) is 3.51. The van der Waals surface area contributed by atoms with Crippen LogP contribution in [0, 0.1) is 0 Å². The molecule has 1 atom stereocenters. The van der Waals surface area contributed by atoms with E-state index in [0.717, 1.165) is 16.7 Å². The maximum absolute atomic E-state index is 12.6. The van der Waals surface area contributed by atoms with Gasteiger partial charge in [-0.1, -0.05) is 43.0 Å². The van der Waals surface area contributed by atoms with E-state index < -0.39 is 17.9 Å². The van der Waals surface area contributed by atoms with Gasteiger partial charge in [0, 0.05) is 5.56 Å². The topological polar surface area (TPSA) is 78.9 Å². The molecule has 0 aromatic heterocycles. The zero-order valence-corrected chi connectivity index (χ0v) is 15.0. The van der Waals surface area contributed by atoms with Crippen LogP contribution in [0.1, 0.15) is 18.9 Å². The Morgan fingerprint density at radius 1 is 1.42 bits per heavy atom. The molecule has 6 nitrogen and oxygen atoms in total. The highest BCUT2D eigenvalue weighted by molar-refractivity contribution is 8.26. The van der Waals surface area contributed by atoms with Gasteiger partial charge in [0.15, 0.2) is 11.5 Å². The Morgan fingerprint density at radius 3 is 2.67 bits per heavy atom. The third kappa shape index (κ3) is 3.39. The Balaban J connectivity index is 2.41. The second-order valence-corrected chi connectivity index (χ2v) is 6.55. The van der Waals surface area contributed by atoms with E-state index in [-0.39, 0.29) is 10.7 Å². The minimum absolute atomic E-state index is 0.198. The number of rotatable bonds is 6. The molecular weight excluding hydrogens is 350 g/mol. The molecule has 1 aromatic rings. The molecule has 0 radical (unpaired) electrons. The Hall–Kier alpha value is -2.06. The highest BCUT2D eigenvalue weighted by Gasteiger charge is 2.37. The summed E-state index contributed by atoms with van der Waals surface area (Å²) in [7, 11) is 3.02. The van der Waals surface area contributed by atoms with Gasteiger partial charge in [0.25, 0.3) is 5.91 Å². The summed E-state index contributed by atoms with van der Waals surface area (Å²) < 4.78 is 10.8. The smallest absolute Gasteiger partial charge is 0.266 e.